The fourth-order valence-corrected chi connectivity index (χ4v) is 3.33. The lowest BCUT2D eigenvalue weighted by molar-refractivity contribution is 0.262. The van der Waals surface area contributed by atoms with Gasteiger partial charge in [0.05, 0.1) is 32.3 Å². The molecule has 0 aliphatic carbocycles. The molecule has 0 aliphatic rings. The first kappa shape index (κ1) is 23.8. The SMILES string of the molecule is COc1ccccc1CNCCc1cc(OC)c(NC(=O)Nc2cnc(C#N)cn2)cc1Cl. The van der Waals surface area contributed by atoms with E-state index in [4.69, 9.17) is 26.3 Å². The van der Waals surface area contributed by atoms with E-state index >= 15 is 0 Å². The second kappa shape index (κ2) is 11.7. The number of amides is 2. The van der Waals surface area contributed by atoms with Crippen LogP contribution in [0, 0.1) is 11.3 Å². The van der Waals surface area contributed by atoms with Crippen LogP contribution in [-0.2, 0) is 13.0 Å². The summed E-state index contributed by atoms with van der Waals surface area (Å²) in [5.74, 6) is 1.51. The number of rotatable bonds is 9. The Hall–Kier alpha value is -3.87. The maximum Gasteiger partial charge on any atom is 0.325 e. The minimum absolute atomic E-state index is 0.155. The van der Waals surface area contributed by atoms with Crippen molar-refractivity contribution in [2.75, 3.05) is 31.4 Å². The summed E-state index contributed by atoms with van der Waals surface area (Å²) in [7, 11) is 3.17. The molecule has 0 spiro atoms. The van der Waals surface area contributed by atoms with E-state index < -0.39 is 6.03 Å². The van der Waals surface area contributed by atoms with Crippen molar-refractivity contribution in [3.8, 4) is 17.6 Å². The number of ether oxygens (including phenoxy) is 2. The number of methoxy groups -OCH3 is 2. The summed E-state index contributed by atoms with van der Waals surface area (Å²) in [5, 5.41) is 17.9. The lowest BCUT2D eigenvalue weighted by atomic mass is 10.1. The molecule has 2 aromatic carbocycles. The Bertz CT molecular complexity index is 1150. The van der Waals surface area contributed by atoms with Gasteiger partial charge in [0.2, 0.25) is 0 Å². The smallest absolute Gasteiger partial charge is 0.325 e. The van der Waals surface area contributed by atoms with Gasteiger partial charge in [-0.25, -0.2) is 14.8 Å². The Kier molecular flexibility index (Phi) is 8.41. The number of nitrogens with zero attached hydrogens (tertiary/aromatic N) is 3. The molecular formula is C23H23ClN6O3. The summed E-state index contributed by atoms with van der Waals surface area (Å²) < 4.78 is 10.8. The zero-order valence-electron chi connectivity index (χ0n) is 18.2. The third-order valence-corrected chi connectivity index (χ3v) is 5.06. The number of halogens is 1. The first-order valence-electron chi connectivity index (χ1n) is 10.0. The maximum absolute atomic E-state index is 12.3. The Labute approximate surface area is 196 Å². The fourth-order valence-electron chi connectivity index (χ4n) is 3.07. The summed E-state index contributed by atoms with van der Waals surface area (Å²) in [6, 6.07) is 12.6. The van der Waals surface area contributed by atoms with Crippen molar-refractivity contribution in [1.29, 1.82) is 5.26 Å². The summed E-state index contributed by atoms with van der Waals surface area (Å²) in [6.45, 7) is 1.35. The van der Waals surface area contributed by atoms with Gasteiger partial charge in [-0.3, -0.25) is 5.32 Å². The van der Waals surface area contributed by atoms with E-state index in [1.54, 1.807) is 19.2 Å². The highest BCUT2D eigenvalue weighted by Gasteiger charge is 2.13. The van der Waals surface area contributed by atoms with Gasteiger partial charge in [-0.2, -0.15) is 5.26 Å². The van der Waals surface area contributed by atoms with Gasteiger partial charge in [-0.05, 0) is 36.7 Å². The van der Waals surface area contributed by atoms with Gasteiger partial charge < -0.3 is 20.1 Å². The number of urea groups is 1. The van der Waals surface area contributed by atoms with Crippen LogP contribution in [0.25, 0.3) is 0 Å². The number of benzene rings is 2. The molecule has 2 amide bonds. The Balaban J connectivity index is 1.59. The van der Waals surface area contributed by atoms with Gasteiger partial charge in [0, 0.05) is 17.1 Å². The van der Waals surface area contributed by atoms with Gasteiger partial charge in [-0.15, -0.1) is 0 Å². The zero-order valence-corrected chi connectivity index (χ0v) is 18.9. The second-order valence-electron chi connectivity index (χ2n) is 6.86. The van der Waals surface area contributed by atoms with Gasteiger partial charge >= 0.3 is 6.03 Å². The van der Waals surface area contributed by atoms with Gasteiger partial charge in [0.1, 0.15) is 17.6 Å². The Morgan fingerprint density at radius 1 is 1.06 bits per heavy atom. The molecule has 10 heteroatoms. The summed E-state index contributed by atoms with van der Waals surface area (Å²) in [6.07, 6.45) is 3.23. The van der Waals surface area contributed by atoms with Crippen molar-refractivity contribution in [2.45, 2.75) is 13.0 Å². The van der Waals surface area contributed by atoms with Crippen molar-refractivity contribution in [3.05, 3.63) is 70.6 Å². The molecule has 0 aliphatic heterocycles. The second-order valence-corrected chi connectivity index (χ2v) is 7.27. The molecule has 0 fully saturated rings. The maximum atomic E-state index is 12.3. The van der Waals surface area contributed by atoms with E-state index in [1.807, 2.05) is 30.3 Å². The number of hydrogen-bond donors (Lipinski definition) is 3. The number of nitrogens with one attached hydrogen (secondary N) is 3. The number of carbonyl (C=O) groups is 1. The molecule has 1 heterocycles. The third-order valence-electron chi connectivity index (χ3n) is 4.70. The molecule has 3 N–H and O–H groups in total. The van der Waals surface area contributed by atoms with Crippen LogP contribution in [0.5, 0.6) is 11.5 Å². The van der Waals surface area contributed by atoms with Gasteiger partial charge in [0.15, 0.2) is 11.5 Å². The molecule has 0 saturated carbocycles. The standard InChI is InChI=1S/C23H23ClN6O3/c1-32-20-6-4-3-5-16(20)12-26-8-7-15-9-21(33-2)19(10-18(15)24)29-23(31)30-22-14-27-17(11-25)13-28-22/h3-6,9-10,13-14,26H,7-8,12H2,1-2H3,(H2,28,29,30,31). The van der Waals surface area contributed by atoms with Gasteiger partial charge in [-0.1, -0.05) is 29.8 Å². The van der Waals surface area contributed by atoms with Crippen LogP contribution in [0.1, 0.15) is 16.8 Å². The average molecular weight is 467 g/mol. The monoisotopic (exact) mass is 466 g/mol. The van der Waals surface area contributed by atoms with E-state index in [9.17, 15) is 4.79 Å². The quantitative estimate of drug-likeness (QED) is 0.407. The Morgan fingerprint density at radius 3 is 2.55 bits per heavy atom. The van der Waals surface area contributed by atoms with Gasteiger partial charge in [0.25, 0.3) is 0 Å². The van der Waals surface area contributed by atoms with Crippen LogP contribution in [-0.4, -0.2) is 36.8 Å². The van der Waals surface area contributed by atoms with E-state index in [-0.39, 0.29) is 11.5 Å². The number of hydrogen-bond acceptors (Lipinski definition) is 7. The van der Waals surface area contributed by atoms with E-state index in [2.05, 4.69) is 25.9 Å². The van der Waals surface area contributed by atoms with Crippen molar-refractivity contribution in [3.63, 3.8) is 0 Å². The molecule has 0 unspecified atom stereocenters. The minimum atomic E-state index is -0.547. The van der Waals surface area contributed by atoms with E-state index in [0.29, 0.717) is 36.0 Å². The van der Waals surface area contributed by atoms with Crippen molar-refractivity contribution < 1.29 is 14.3 Å². The first-order chi connectivity index (χ1) is 16.0. The number of aromatic nitrogens is 2. The molecule has 3 aromatic rings. The molecule has 0 atom stereocenters. The third kappa shape index (κ3) is 6.55. The molecule has 3 rings (SSSR count). The van der Waals surface area contributed by atoms with E-state index in [0.717, 1.165) is 16.9 Å². The van der Waals surface area contributed by atoms with Crippen LogP contribution < -0.4 is 25.4 Å². The highest BCUT2D eigenvalue weighted by Crippen LogP contribution is 2.31. The number of para-hydroxylation sites is 1. The van der Waals surface area contributed by atoms with Crippen LogP contribution in [0.3, 0.4) is 0 Å². The molecule has 0 bridgehead atoms. The number of anilines is 2. The largest absolute Gasteiger partial charge is 0.496 e. The first-order valence-corrected chi connectivity index (χ1v) is 10.4. The normalized spacial score (nSPS) is 10.2. The van der Waals surface area contributed by atoms with Crippen molar-refractivity contribution in [1.82, 2.24) is 15.3 Å². The average Bonchev–Trinajstić information content (AvgIpc) is 2.83. The topological polar surface area (TPSA) is 121 Å². The number of nitriles is 1. The molecule has 1 aromatic heterocycles. The summed E-state index contributed by atoms with van der Waals surface area (Å²) in [4.78, 5) is 20.1. The molecule has 33 heavy (non-hydrogen) atoms. The fraction of sp³-hybridized carbons (Fsp3) is 0.217. The summed E-state index contributed by atoms with van der Waals surface area (Å²) >= 11 is 6.45. The molecule has 170 valence electrons. The highest BCUT2D eigenvalue weighted by atomic mass is 35.5. The zero-order chi connectivity index (χ0) is 23.6. The molecule has 0 saturated heterocycles. The van der Waals surface area contributed by atoms with Crippen LogP contribution in [0.2, 0.25) is 5.02 Å². The van der Waals surface area contributed by atoms with Crippen molar-refractivity contribution in [2.24, 2.45) is 0 Å². The minimum Gasteiger partial charge on any atom is -0.496 e. The lowest BCUT2D eigenvalue weighted by Crippen LogP contribution is -2.21. The number of carbonyl (C=O) groups excluding carboxylic acids is 1. The van der Waals surface area contributed by atoms with Crippen LogP contribution >= 0.6 is 11.6 Å². The molecular weight excluding hydrogens is 444 g/mol. The van der Waals surface area contributed by atoms with Crippen LogP contribution in [0.4, 0.5) is 16.3 Å². The Morgan fingerprint density at radius 2 is 1.85 bits per heavy atom. The highest BCUT2D eigenvalue weighted by molar-refractivity contribution is 6.31. The lowest BCUT2D eigenvalue weighted by Gasteiger charge is -2.14. The van der Waals surface area contributed by atoms with Crippen LogP contribution in [0.15, 0.2) is 48.8 Å². The molecule has 0 radical (unpaired) electrons. The van der Waals surface area contributed by atoms with E-state index in [1.165, 1.54) is 19.5 Å². The van der Waals surface area contributed by atoms with Crippen molar-refractivity contribution >= 4 is 29.1 Å². The summed E-state index contributed by atoms with van der Waals surface area (Å²) in [5.41, 5.74) is 2.51. The predicted molar refractivity (Wildman–Crippen MR) is 126 cm³/mol. The molecule has 9 nitrogen and oxygen atoms in total. The predicted octanol–water partition coefficient (Wildman–Crippen LogP) is 4.00.